The number of nitrogens with zero attached hydrogens (tertiary/aromatic N) is 1. The fourth-order valence-electron chi connectivity index (χ4n) is 2.00. The van der Waals surface area contributed by atoms with E-state index < -0.39 is 0 Å². The first-order valence-corrected chi connectivity index (χ1v) is 8.37. The van der Waals surface area contributed by atoms with Gasteiger partial charge in [-0.1, -0.05) is 35.6 Å². The first-order valence-electron chi connectivity index (χ1n) is 6.77. The van der Waals surface area contributed by atoms with Gasteiger partial charge in [-0.05, 0) is 31.6 Å². The molecule has 0 aliphatic carbocycles. The molecule has 1 aromatic rings. The summed E-state index contributed by atoms with van der Waals surface area (Å²) in [6.07, 6.45) is 1.74. The minimum absolute atomic E-state index is 0.0951. The quantitative estimate of drug-likeness (QED) is 0.589. The van der Waals surface area contributed by atoms with E-state index in [1.807, 2.05) is 13.8 Å². The number of carbonyl (C=O) groups is 1. The van der Waals surface area contributed by atoms with Crippen LogP contribution in [0.1, 0.15) is 19.4 Å². The van der Waals surface area contributed by atoms with Gasteiger partial charge < -0.3 is 9.47 Å². The predicted octanol–water partition coefficient (Wildman–Crippen LogP) is 3.97. The normalized spacial score (nSPS) is 16.5. The van der Waals surface area contributed by atoms with Crippen molar-refractivity contribution in [3.05, 3.63) is 27.6 Å². The van der Waals surface area contributed by atoms with Crippen molar-refractivity contribution < 1.29 is 14.3 Å². The molecule has 2 rings (SSSR count). The van der Waals surface area contributed by atoms with Crippen LogP contribution in [-0.4, -0.2) is 35.4 Å². The van der Waals surface area contributed by atoms with Crippen molar-refractivity contribution in [2.24, 2.45) is 0 Å². The molecule has 0 atom stereocenters. The molecule has 1 saturated heterocycles. The van der Waals surface area contributed by atoms with E-state index in [1.54, 1.807) is 30.2 Å². The summed E-state index contributed by atoms with van der Waals surface area (Å²) in [5.41, 5.74) is 0.697. The maximum Gasteiger partial charge on any atom is 0.266 e. The molecule has 1 aromatic carbocycles. The summed E-state index contributed by atoms with van der Waals surface area (Å²) in [5, 5.41) is 0.488. The predicted molar refractivity (Wildman–Crippen MR) is 94.7 cm³/mol. The van der Waals surface area contributed by atoms with Gasteiger partial charge in [0.1, 0.15) is 4.32 Å². The lowest BCUT2D eigenvalue weighted by Gasteiger charge is -2.12. The molecule has 22 heavy (non-hydrogen) atoms. The molecule has 1 aliphatic rings. The van der Waals surface area contributed by atoms with Gasteiger partial charge in [-0.2, -0.15) is 0 Å². The van der Waals surface area contributed by atoms with E-state index >= 15 is 0 Å². The monoisotopic (exact) mass is 357 g/mol. The second kappa shape index (κ2) is 7.35. The number of ether oxygens (including phenoxy) is 2. The summed E-state index contributed by atoms with van der Waals surface area (Å²) in [5.74, 6) is 1.05. The van der Waals surface area contributed by atoms with Gasteiger partial charge in [0.2, 0.25) is 0 Å². The molecule has 0 unspecified atom stereocenters. The zero-order valence-electron chi connectivity index (χ0n) is 12.5. The summed E-state index contributed by atoms with van der Waals surface area (Å²) < 4.78 is 11.3. The number of hydrogen-bond donors (Lipinski definition) is 0. The van der Waals surface area contributed by atoms with Crippen LogP contribution in [0.4, 0.5) is 0 Å². The number of benzene rings is 1. The molecule has 0 spiro atoms. The molecule has 0 bridgehead atoms. The van der Waals surface area contributed by atoms with E-state index in [-0.39, 0.29) is 5.91 Å². The fraction of sp³-hybridized carbons (Fsp3) is 0.333. The second-order valence-corrected chi connectivity index (χ2v) is 6.47. The minimum Gasteiger partial charge on any atom is -0.493 e. The van der Waals surface area contributed by atoms with E-state index in [1.165, 1.54) is 11.8 Å². The van der Waals surface area contributed by atoms with Crippen molar-refractivity contribution in [1.29, 1.82) is 0 Å². The molecular weight excluding hydrogens is 342 g/mol. The van der Waals surface area contributed by atoms with E-state index in [0.29, 0.717) is 44.5 Å². The molecule has 0 aromatic heterocycles. The van der Waals surface area contributed by atoms with E-state index in [2.05, 4.69) is 0 Å². The van der Waals surface area contributed by atoms with Crippen LogP contribution in [0.15, 0.2) is 17.0 Å². The highest BCUT2D eigenvalue weighted by Crippen LogP contribution is 2.37. The lowest BCUT2D eigenvalue weighted by Crippen LogP contribution is -2.27. The molecule has 1 fully saturated rings. The molecule has 0 radical (unpaired) electrons. The number of likely N-dealkylation sites (N-methyl/N-ethyl adjacent to an activating group) is 1. The Balaban J connectivity index is 2.41. The van der Waals surface area contributed by atoms with Crippen LogP contribution in [0, 0.1) is 0 Å². The van der Waals surface area contributed by atoms with Gasteiger partial charge in [-0.3, -0.25) is 9.69 Å². The molecular formula is C15H16ClNO3S2. The number of hydrogen-bond acceptors (Lipinski definition) is 5. The zero-order valence-corrected chi connectivity index (χ0v) is 14.9. The number of thioether (sulfide) groups is 1. The Bertz CT molecular complexity index is 646. The van der Waals surface area contributed by atoms with Gasteiger partial charge in [-0.25, -0.2) is 0 Å². The van der Waals surface area contributed by atoms with E-state index in [0.717, 1.165) is 0 Å². The average molecular weight is 358 g/mol. The van der Waals surface area contributed by atoms with Crippen molar-refractivity contribution >= 4 is 51.9 Å². The summed E-state index contributed by atoms with van der Waals surface area (Å²) in [4.78, 5) is 14.4. The van der Waals surface area contributed by atoms with E-state index in [4.69, 9.17) is 33.3 Å². The van der Waals surface area contributed by atoms with Crippen LogP contribution in [-0.2, 0) is 4.79 Å². The standard InChI is InChI=1S/C15H16ClNO3S2/c1-4-17-14(18)13(22-15(17)21)7-9-6-12(20-5-2)11(19-3)8-10(9)16/h6-8H,4-5H2,1-3H3. The largest absolute Gasteiger partial charge is 0.493 e. The smallest absolute Gasteiger partial charge is 0.266 e. The van der Waals surface area contributed by atoms with Crippen LogP contribution in [0.3, 0.4) is 0 Å². The van der Waals surface area contributed by atoms with Crippen LogP contribution >= 0.6 is 35.6 Å². The molecule has 1 aliphatic heterocycles. The minimum atomic E-state index is -0.0951. The number of methoxy groups -OCH3 is 1. The first-order chi connectivity index (χ1) is 10.5. The zero-order chi connectivity index (χ0) is 16.3. The molecule has 1 heterocycles. The number of halogens is 1. The third-order valence-corrected chi connectivity index (χ3v) is 4.76. The molecule has 7 heteroatoms. The number of thiocarbonyl (C=S) groups is 1. The molecule has 4 nitrogen and oxygen atoms in total. The summed E-state index contributed by atoms with van der Waals surface area (Å²) in [7, 11) is 1.56. The van der Waals surface area contributed by atoms with Crippen LogP contribution < -0.4 is 9.47 Å². The van der Waals surface area contributed by atoms with Crippen molar-refractivity contribution in [2.45, 2.75) is 13.8 Å². The van der Waals surface area contributed by atoms with Gasteiger partial charge in [-0.15, -0.1) is 0 Å². The van der Waals surface area contributed by atoms with Gasteiger partial charge in [0.25, 0.3) is 5.91 Å². The Morgan fingerprint density at radius 3 is 2.64 bits per heavy atom. The Kier molecular flexibility index (Phi) is 5.72. The van der Waals surface area contributed by atoms with Crippen molar-refractivity contribution in [3.63, 3.8) is 0 Å². The molecule has 0 N–H and O–H groups in total. The fourth-order valence-corrected chi connectivity index (χ4v) is 3.59. The Hall–Kier alpha value is -1.24. The third-order valence-electron chi connectivity index (χ3n) is 3.06. The van der Waals surface area contributed by atoms with Crippen LogP contribution in [0.5, 0.6) is 11.5 Å². The second-order valence-electron chi connectivity index (χ2n) is 4.38. The first kappa shape index (κ1) is 17.1. The summed E-state index contributed by atoms with van der Waals surface area (Å²) in [6.45, 7) is 4.85. The van der Waals surface area contributed by atoms with Crippen LogP contribution in [0.25, 0.3) is 6.08 Å². The van der Waals surface area contributed by atoms with Crippen molar-refractivity contribution in [2.75, 3.05) is 20.3 Å². The third kappa shape index (κ3) is 3.39. The maximum atomic E-state index is 12.2. The van der Waals surface area contributed by atoms with E-state index in [9.17, 15) is 4.79 Å². The SMILES string of the molecule is CCOc1cc(C=C2SC(=S)N(CC)C2=O)c(Cl)cc1OC. The Morgan fingerprint density at radius 1 is 1.36 bits per heavy atom. The topological polar surface area (TPSA) is 38.8 Å². The highest BCUT2D eigenvalue weighted by Gasteiger charge is 2.30. The maximum absolute atomic E-state index is 12.2. The average Bonchev–Trinajstić information content (AvgIpc) is 2.76. The molecule has 1 amide bonds. The summed E-state index contributed by atoms with van der Waals surface area (Å²) in [6, 6.07) is 3.45. The van der Waals surface area contributed by atoms with Gasteiger partial charge >= 0.3 is 0 Å². The lowest BCUT2D eigenvalue weighted by molar-refractivity contribution is -0.121. The highest BCUT2D eigenvalue weighted by atomic mass is 35.5. The van der Waals surface area contributed by atoms with Gasteiger partial charge in [0, 0.05) is 12.6 Å². The number of amides is 1. The highest BCUT2D eigenvalue weighted by molar-refractivity contribution is 8.26. The Labute approximate surface area is 144 Å². The number of carbonyl (C=O) groups excluding carboxylic acids is 1. The van der Waals surface area contributed by atoms with Crippen molar-refractivity contribution in [3.8, 4) is 11.5 Å². The Morgan fingerprint density at radius 2 is 2.09 bits per heavy atom. The number of rotatable bonds is 5. The molecule has 118 valence electrons. The van der Waals surface area contributed by atoms with Crippen LogP contribution in [0.2, 0.25) is 5.02 Å². The lowest BCUT2D eigenvalue weighted by atomic mass is 10.1. The molecule has 0 saturated carbocycles. The van der Waals surface area contributed by atoms with Crippen molar-refractivity contribution in [1.82, 2.24) is 4.90 Å². The summed E-state index contributed by atoms with van der Waals surface area (Å²) >= 11 is 12.7. The van der Waals surface area contributed by atoms with Gasteiger partial charge in [0.05, 0.1) is 23.6 Å². The van der Waals surface area contributed by atoms with Gasteiger partial charge in [0.15, 0.2) is 11.5 Å².